The maximum Gasteiger partial charge on any atom is 0.246 e. The topological polar surface area (TPSA) is 91.0 Å². The monoisotopic (exact) mass is 618 g/mol. The number of fused-ring (bicyclic) bond motifs is 1. The Labute approximate surface area is 265 Å². The number of amides is 3. The van der Waals surface area contributed by atoms with Crippen LogP contribution < -0.4 is 10.6 Å². The second-order valence-corrected chi connectivity index (χ2v) is 13.6. The molecule has 0 unspecified atom stereocenters. The van der Waals surface area contributed by atoms with Crippen LogP contribution in [-0.4, -0.2) is 71.4 Å². The molecular weight excluding hydrogens is 576 g/mol. The molecule has 234 valence electrons. The highest BCUT2D eigenvalue weighted by Crippen LogP contribution is 2.55. The Morgan fingerprint density at radius 3 is 2.57 bits per heavy atom. The summed E-state index contributed by atoms with van der Waals surface area (Å²) in [5.41, 5.74) is 0.644. The van der Waals surface area contributed by atoms with Crippen LogP contribution in [0.5, 0.6) is 0 Å². The lowest BCUT2D eigenvalue weighted by Gasteiger charge is -2.38. The molecule has 2 N–H and O–H groups in total. The van der Waals surface area contributed by atoms with Gasteiger partial charge in [0, 0.05) is 29.8 Å². The predicted octanol–water partition coefficient (Wildman–Crippen LogP) is 4.89. The van der Waals surface area contributed by atoms with Crippen molar-refractivity contribution in [1.82, 2.24) is 15.1 Å². The van der Waals surface area contributed by atoms with Crippen LogP contribution in [-0.2, 0) is 25.7 Å². The van der Waals surface area contributed by atoms with Crippen LogP contribution in [0.2, 0.25) is 5.02 Å². The molecule has 8 nitrogen and oxygen atoms in total. The Hall–Kier alpha value is -3.20. The summed E-state index contributed by atoms with van der Waals surface area (Å²) in [4.78, 5) is 46.1. The van der Waals surface area contributed by atoms with E-state index in [1.807, 2.05) is 30.4 Å². The summed E-state index contributed by atoms with van der Waals surface area (Å²) in [6.45, 7) is 6.39. The van der Waals surface area contributed by atoms with Gasteiger partial charge >= 0.3 is 0 Å². The number of nitrogens with zero attached hydrogens (tertiary/aromatic N) is 2. The number of hydrogen-bond donors (Lipinski definition) is 2. The zero-order chi connectivity index (χ0) is 31.0. The summed E-state index contributed by atoms with van der Waals surface area (Å²) in [5.74, 6) is -1.32. The molecule has 1 spiro atoms. The van der Waals surface area contributed by atoms with Gasteiger partial charge in [0.05, 0.1) is 17.9 Å². The van der Waals surface area contributed by atoms with E-state index in [4.69, 9.17) is 16.3 Å². The molecule has 2 saturated heterocycles. The van der Waals surface area contributed by atoms with E-state index < -0.39 is 29.6 Å². The van der Waals surface area contributed by atoms with E-state index in [1.54, 1.807) is 29.2 Å². The highest BCUT2D eigenvalue weighted by Gasteiger charge is 2.72. The third-order valence-corrected chi connectivity index (χ3v) is 10.6. The fourth-order valence-corrected chi connectivity index (χ4v) is 7.93. The Morgan fingerprint density at radius 2 is 1.82 bits per heavy atom. The Balaban J connectivity index is 1.22. The number of rotatable bonds is 10. The lowest BCUT2D eigenvalue weighted by atomic mass is 9.73. The summed E-state index contributed by atoms with van der Waals surface area (Å²) in [5, 5.41) is 6.85. The van der Waals surface area contributed by atoms with Gasteiger partial charge in [0.15, 0.2) is 0 Å². The molecule has 3 heterocycles. The predicted molar refractivity (Wildman–Crippen MR) is 171 cm³/mol. The van der Waals surface area contributed by atoms with E-state index in [0.717, 1.165) is 32.4 Å². The molecule has 4 aliphatic rings. The lowest BCUT2D eigenvalue weighted by molar-refractivity contribution is -0.141. The smallest absolute Gasteiger partial charge is 0.246 e. The maximum atomic E-state index is 14.3. The van der Waals surface area contributed by atoms with Crippen molar-refractivity contribution >= 4 is 35.0 Å². The quantitative estimate of drug-likeness (QED) is 0.370. The minimum absolute atomic E-state index is 0.0437. The molecule has 8 atom stereocenters. The number of halogens is 1. The van der Waals surface area contributed by atoms with Crippen LogP contribution in [0.15, 0.2) is 66.7 Å². The minimum atomic E-state index is -1.17. The molecule has 44 heavy (non-hydrogen) atoms. The highest BCUT2D eigenvalue weighted by molar-refractivity contribution is 6.30. The van der Waals surface area contributed by atoms with Crippen LogP contribution in [0.25, 0.3) is 0 Å². The number of anilines is 1. The summed E-state index contributed by atoms with van der Waals surface area (Å²) in [6, 6.07) is 16.4. The zero-order valence-electron chi connectivity index (χ0n) is 25.7. The summed E-state index contributed by atoms with van der Waals surface area (Å²) in [6.07, 6.45) is 7.00. The summed E-state index contributed by atoms with van der Waals surface area (Å²) < 4.78 is 6.53. The van der Waals surface area contributed by atoms with Crippen LogP contribution in [0.4, 0.5) is 5.69 Å². The number of likely N-dealkylation sites (tertiary alicyclic amines) is 1. The Bertz CT molecular complexity index is 1400. The third kappa shape index (κ3) is 5.80. The van der Waals surface area contributed by atoms with Crippen LogP contribution in [0.3, 0.4) is 0 Å². The van der Waals surface area contributed by atoms with E-state index in [9.17, 15) is 14.4 Å². The van der Waals surface area contributed by atoms with E-state index in [0.29, 0.717) is 35.5 Å². The van der Waals surface area contributed by atoms with Crippen LogP contribution in [0, 0.1) is 23.7 Å². The first-order valence-corrected chi connectivity index (χ1v) is 16.3. The van der Waals surface area contributed by atoms with Crippen molar-refractivity contribution in [2.45, 2.75) is 69.9 Å². The molecule has 2 aromatic carbocycles. The first-order chi connectivity index (χ1) is 21.2. The van der Waals surface area contributed by atoms with E-state index >= 15 is 0 Å². The zero-order valence-corrected chi connectivity index (χ0v) is 26.5. The van der Waals surface area contributed by atoms with Crippen molar-refractivity contribution in [2.75, 3.05) is 25.5 Å². The molecule has 0 aromatic heterocycles. The largest absolute Gasteiger partial charge is 0.359 e. The van der Waals surface area contributed by atoms with Gasteiger partial charge in [-0.05, 0) is 68.1 Å². The van der Waals surface area contributed by atoms with E-state index in [-0.39, 0.29) is 23.8 Å². The average molecular weight is 619 g/mol. The van der Waals surface area contributed by atoms with Gasteiger partial charge in [-0.2, -0.15) is 0 Å². The molecule has 3 fully saturated rings. The molecule has 0 radical (unpaired) electrons. The van der Waals surface area contributed by atoms with Crippen LogP contribution in [0.1, 0.15) is 45.1 Å². The normalized spacial score (nSPS) is 32.2. The summed E-state index contributed by atoms with van der Waals surface area (Å²) in [7, 11) is 2.06. The highest BCUT2D eigenvalue weighted by atomic mass is 35.5. The van der Waals surface area contributed by atoms with Crippen molar-refractivity contribution in [3.05, 3.63) is 77.3 Å². The fraction of sp³-hybridized carbons (Fsp3) is 0.514. The van der Waals surface area contributed by atoms with Gasteiger partial charge in [-0.1, -0.05) is 80.8 Å². The van der Waals surface area contributed by atoms with Gasteiger partial charge in [0.1, 0.15) is 11.6 Å². The fourth-order valence-electron chi connectivity index (χ4n) is 7.80. The molecule has 1 saturated carbocycles. The number of nitrogens with one attached hydrogen (secondary N) is 2. The van der Waals surface area contributed by atoms with Gasteiger partial charge in [-0.15, -0.1) is 0 Å². The molecular formula is C35H43ClN4O4. The van der Waals surface area contributed by atoms with Crippen molar-refractivity contribution in [3.63, 3.8) is 0 Å². The first-order valence-electron chi connectivity index (χ1n) is 15.9. The lowest BCUT2D eigenvalue weighted by Crippen LogP contribution is -2.58. The van der Waals surface area contributed by atoms with E-state index in [1.165, 1.54) is 5.56 Å². The summed E-state index contributed by atoms with van der Waals surface area (Å²) >= 11 is 6.04. The molecule has 1 aliphatic carbocycles. The number of carbonyl (C=O) groups excluding carboxylic acids is 3. The number of benzene rings is 2. The van der Waals surface area contributed by atoms with Gasteiger partial charge in [-0.3, -0.25) is 14.4 Å². The van der Waals surface area contributed by atoms with Gasteiger partial charge in [-0.25, -0.2) is 0 Å². The van der Waals surface area contributed by atoms with Gasteiger partial charge in [0.2, 0.25) is 17.7 Å². The molecule has 2 bridgehead atoms. The second-order valence-electron chi connectivity index (χ2n) is 13.2. The Morgan fingerprint density at radius 1 is 1.07 bits per heavy atom. The van der Waals surface area contributed by atoms with Gasteiger partial charge < -0.3 is 25.2 Å². The van der Waals surface area contributed by atoms with Crippen molar-refractivity contribution < 1.29 is 19.1 Å². The second kappa shape index (κ2) is 12.7. The van der Waals surface area contributed by atoms with Crippen molar-refractivity contribution in [3.8, 4) is 0 Å². The standard InChI is InChI=1S/C35H43ClN4O4/c1-22-9-7-12-27(23(22)2)38-33(42)31-35-18-17-28(44-35)29(32(41)37-26-15-13-25(36)14-16-26)30(35)34(43)40(31)20-8-19-39(3)21-24-10-5-4-6-11-24/h4-6,10-11,13-18,22-23,27-31H,7-9,12,19-21H2,1-3H3,(H,37,41)(H,38,42)/t22-,23-,27+,28+,29-,30+,31+,35+/m1/s1. The number of ether oxygens (including phenoxy) is 1. The number of hydrogen-bond acceptors (Lipinski definition) is 5. The molecule has 3 aliphatic heterocycles. The molecule has 2 aromatic rings. The minimum Gasteiger partial charge on any atom is -0.359 e. The molecule has 3 amide bonds. The van der Waals surface area contributed by atoms with Crippen molar-refractivity contribution in [2.24, 2.45) is 23.7 Å². The molecule has 9 heteroatoms. The molecule has 6 rings (SSSR count). The van der Waals surface area contributed by atoms with Crippen molar-refractivity contribution in [1.29, 1.82) is 0 Å². The number of carbonyl (C=O) groups is 3. The van der Waals surface area contributed by atoms with Gasteiger partial charge in [0.25, 0.3) is 0 Å². The first kappa shape index (κ1) is 30.8. The SMILES string of the molecule is C[C@@H]1[C@H](C)CCC[C@@H]1NC(=O)[C@@H]1N(CCCN(C)Cc2ccccc2)C(=O)[C@@H]2[C@H](C(=O)Nc3ccc(Cl)cc3)[C@@H]3C=C[C@]21O3. The van der Waals surface area contributed by atoms with Crippen LogP contribution >= 0.6 is 11.6 Å². The van der Waals surface area contributed by atoms with E-state index in [2.05, 4.69) is 48.6 Å². The Kier molecular flexibility index (Phi) is 8.86. The third-order valence-electron chi connectivity index (χ3n) is 10.3. The maximum absolute atomic E-state index is 14.3. The average Bonchev–Trinajstić information content (AvgIpc) is 3.64.